The number of rotatable bonds is 5. The van der Waals surface area contributed by atoms with E-state index in [1.54, 1.807) is 6.92 Å². The average Bonchev–Trinajstić information content (AvgIpc) is 2.60. The average molecular weight is 389 g/mol. The molecule has 1 aliphatic rings. The van der Waals surface area contributed by atoms with E-state index in [0.29, 0.717) is 0 Å². The SMILES string of the molecule is CCC(=O)NC1(C(=O)NCc2cccc(C(F)(F)F)c2Cl)C=NC=CN1. The minimum absolute atomic E-state index is 0.0927. The van der Waals surface area contributed by atoms with Crippen molar-refractivity contribution in [2.45, 2.75) is 31.7 Å². The number of nitrogens with zero attached hydrogens (tertiary/aromatic N) is 1. The molecule has 1 atom stereocenters. The molecule has 1 unspecified atom stereocenters. The van der Waals surface area contributed by atoms with Crippen LogP contribution in [0.1, 0.15) is 24.5 Å². The van der Waals surface area contributed by atoms with Crippen LogP contribution >= 0.6 is 11.6 Å². The fourth-order valence-corrected chi connectivity index (χ4v) is 2.51. The minimum Gasteiger partial charge on any atom is -0.355 e. The number of nitrogens with one attached hydrogen (secondary N) is 3. The Morgan fingerprint density at radius 1 is 1.35 bits per heavy atom. The molecule has 0 bridgehead atoms. The van der Waals surface area contributed by atoms with Crippen LogP contribution in [0.4, 0.5) is 13.2 Å². The predicted octanol–water partition coefficient (Wildman–Crippen LogP) is 2.34. The van der Waals surface area contributed by atoms with Crippen molar-refractivity contribution in [2.75, 3.05) is 0 Å². The van der Waals surface area contributed by atoms with Gasteiger partial charge in [-0.05, 0) is 11.6 Å². The number of carbonyl (C=O) groups excluding carboxylic acids is 2. The van der Waals surface area contributed by atoms with Gasteiger partial charge in [0.1, 0.15) is 0 Å². The third-order valence-corrected chi connectivity index (χ3v) is 4.03. The number of carbonyl (C=O) groups is 2. The minimum atomic E-state index is -4.60. The number of amides is 2. The van der Waals surface area contributed by atoms with Crippen LogP contribution in [0.3, 0.4) is 0 Å². The molecule has 140 valence electrons. The summed E-state index contributed by atoms with van der Waals surface area (Å²) in [6.45, 7) is 1.35. The molecule has 0 saturated heterocycles. The number of aliphatic imine (C=N–C) groups is 1. The van der Waals surface area contributed by atoms with Crippen LogP contribution in [0.2, 0.25) is 5.02 Å². The number of alkyl halides is 3. The van der Waals surface area contributed by atoms with E-state index < -0.39 is 34.2 Å². The van der Waals surface area contributed by atoms with E-state index in [0.717, 1.165) is 6.07 Å². The molecule has 0 aliphatic carbocycles. The maximum atomic E-state index is 12.9. The Morgan fingerprint density at radius 3 is 2.65 bits per heavy atom. The van der Waals surface area contributed by atoms with E-state index in [1.807, 2.05) is 0 Å². The summed E-state index contributed by atoms with van der Waals surface area (Å²) in [6, 6.07) is 3.43. The summed E-state index contributed by atoms with van der Waals surface area (Å²) >= 11 is 5.81. The predicted molar refractivity (Wildman–Crippen MR) is 90.2 cm³/mol. The smallest absolute Gasteiger partial charge is 0.355 e. The Kier molecular flexibility index (Phi) is 5.91. The third kappa shape index (κ3) is 4.34. The van der Waals surface area contributed by atoms with Crippen LogP contribution < -0.4 is 16.0 Å². The zero-order chi connectivity index (χ0) is 19.4. The monoisotopic (exact) mass is 388 g/mol. The van der Waals surface area contributed by atoms with E-state index in [1.165, 1.54) is 30.7 Å². The molecule has 0 saturated carbocycles. The van der Waals surface area contributed by atoms with Gasteiger partial charge in [-0.1, -0.05) is 30.7 Å². The highest BCUT2D eigenvalue weighted by Gasteiger charge is 2.38. The molecule has 6 nitrogen and oxygen atoms in total. The maximum Gasteiger partial charge on any atom is 0.417 e. The Morgan fingerprint density at radius 2 is 2.08 bits per heavy atom. The lowest BCUT2D eigenvalue weighted by molar-refractivity contribution is -0.137. The number of hydrogen-bond donors (Lipinski definition) is 3. The lowest BCUT2D eigenvalue weighted by atomic mass is 10.1. The van der Waals surface area contributed by atoms with Crippen molar-refractivity contribution in [2.24, 2.45) is 4.99 Å². The largest absolute Gasteiger partial charge is 0.417 e. The summed E-state index contributed by atoms with van der Waals surface area (Å²) < 4.78 is 38.7. The van der Waals surface area contributed by atoms with Gasteiger partial charge in [0.15, 0.2) is 0 Å². The van der Waals surface area contributed by atoms with Gasteiger partial charge in [0, 0.05) is 25.4 Å². The van der Waals surface area contributed by atoms with Crippen LogP contribution in [-0.4, -0.2) is 23.7 Å². The molecule has 1 aliphatic heterocycles. The van der Waals surface area contributed by atoms with Crippen LogP contribution in [0, 0.1) is 0 Å². The van der Waals surface area contributed by atoms with Crippen molar-refractivity contribution in [1.29, 1.82) is 0 Å². The Balaban J connectivity index is 2.18. The molecule has 0 radical (unpaired) electrons. The van der Waals surface area contributed by atoms with E-state index in [9.17, 15) is 22.8 Å². The summed E-state index contributed by atoms with van der Waals surface area (Å²) in [6.07, 6.45) is -0.521. The van der Waals surface area contributed by atoms with E-state index in [4.69, 9.17) is 11.6 Å². The molecule has 10 heteroatoms. The first-order valence-corrected chi connectivity index (χ1v) is 7.98. The first-order chi connectivity index (χ1) is 12.2. The van der Waals surface area contributed by atoms with Gasteiger partial charge in [0.05, 0.1) is 16.8 Å². The van der Waals surface area contributed by atoms with Gasteiger partial charge in [-0.15, -0.1) is 0 Å². The summed E-state index contributed by atoms with van der Waals surface area (Å²) in [5, 5.41) is 7.17. The molecule has 1 aromatic rings. The van der Waals surface area contributed by atoms with Gasteiger partial charge in [0.2, 0.25) is 11.6 Å². The van der Waals surface area contributed by atoms with Crippen molar-refractivity contribution < 1.29 is 22.8 Å². The Labute approximate surface area is 152 Å². The van der Waals surface area contributed by atoms with Crippen molar-refractivity contribution in [3.8, 4) is 0 Å². The fraction of sp³-hybridized carbons (Fsp3) is 0.312. The second-order valence-electron chi connectivity index (χ2n) is 5.41. The maximum absolute atomic E-state index is 12.9. The summed E-state index contributed by atoms with van der Waals surface area (Å²) in [5.74, 6) is -1.10. The normalized spacial score (nSPS) is 19.0. The quantitative estimate of drug-likeness (QED) is 0.724. The van der Waals surface area contributed by atoms with Gasteiger partial charge in [-0.2, -0.15) is 13.2 Å². The first kappa shape index (κ1) is 19.8. The van der Waals surface area contributed by atoms with Crippen molar-refractivity contribution in [3.63, 3.8) is 0 Å². The van der Waals surface area contributed by atoms with Crippen LogP contribution in [0.25, 0.3) is 0 Å². The fourth-order valence-electron chi connectivity index (χ4n) is 2.21. The van der Waals surface area contributed by atoms with Gasteiger partial charge < -0.3 is 16.0 Å². The van der Waals surface area contributed by atoms with E-state index in [2.05, 4.69) is 20.9 Å². The highest BCUT2D eigenvalue weighted by molar-refractivity contribution is 6.32. The molecule has 0 spiro atoms. The summed E-state index contributed by atoms with van der Waals surface area (Å²) in [4.78, 5) is 28.1. The zero-order valence-electron chi connectivity index (χ0n) is 13.7. The molecule has 26 heavy (non-hydrogen) atoms. The second kappa shape index (κ2) is 7.77. The van der Waals surface area contributed by atoms with Crippen molar-refractivity contribution in [3.05, 3.63) is 46.7 Å². The number of benzene rings is 1. The Bertz CT molecular complexity index is 764. The molecule has 0 aromatic heterocycles. The number of halogens is 4. The van der Waals surface area contributed by atoms with E-state index in [-0.39, 0.29) is 18.5 Å². The molecule has 2 rings (SSSR count). The molecule has 2 amide bonds. The topological polar surface area (TPSA) is 82.6 Å². The molecular formula is C16H16ClF3N4O2. The van der Waals surface area contributed by atoms with Gasteiger partial charge in [-0.25, -0.2) is 0 Å². The molecule has 1 aromatic carbocycles. The van der Waals surface area contributed by atoms with Crippen molar-refractivity contribution >= 4 is 29.6 Å². The van der Waals surface area contributed by atoms with Crippen LogP contribution in [0.15, 0.2) is 35.6 Å². The highest BCUT2D eigenvalue weighted by atomic mass is 35.5. The van der Waals surface area contributed by atoms with Crippen molar-refractivity contribution in [1.82, 2.24) is 16.0 Å². The lowest BCUT2D eigenvalue weighted by Crippen LogP contribution is -2.67. The zero-order valence-corrected chi connectivity index (χ0v) is 14.4. The summed E-state index contributed by atoms with van der Waals surface area (Å²) in [7, 11) is 0. The second-order valence-corrected chi connectivity index (χ2v) is 5.79. The standard InChI is InChI=1S/C16H16ClF3N4O2/c1-2-12(25)24-15(9-21-6-7-23-15)14(26)22-8-10-4-3-5-11(13(10)17)16(18,19)20/h3-7,9,23H,2,8H2,1H3,(H,22,26)(H,24,25). The first-order valence-electron chi connectivity index (χ1n) is 7.60. The van der Waals surface area contributed by atoms with E-state index >= 15 is 0 Å². The highest BCUT2D eigenvalue weighted by Crippen LogP contribution is 2.36. The van der Waals surface area contributed by atoms with Gasteiger partial charge >= 0.3 is 6.18 Å². The van der Waals surface area contributed by atoms with Gasteiger partial charge in [0.25, 0.3) is 5.91 Å². The third-order valence-electron chi connectivity index (χ3n) is 3.58. The number of hydrogen-bond acceptors (Lipinski definition) is 4. The molecule has 1 heterocycles. The Hall–Kier alpha value is -2.55. The van der Waals surface area contributed by atoms with Crippen LogP contribution in [-0.2, 0) is 22.3 Å². The molecular weight excluding hydrogens is 373 g/mol. The summed E-state index contributed by atoms with van der Waals surface area (Å²) in [5.41, 5.74) is -2.52. The van der Waals surface area contributed by atoms with Gasteiger partial charge in [-0.3, -0.25) is 14.6 Å². The van der Waals surface area contributed by atoms with Crippen LogP contribution in [0.5, 0.6) is 0 Å². The molecule has 0 fully saturated rings. The molecule has 3 N–H and O–H groups in total. The lowest BCUT2D eigenvalue weighted by Gasteiger charge is -2.31.